The van der Waals surface area contributed by atoms with Crippen molar-refractivity contribution in [2.75, 3.05) is 13.2 Å². The molecule has 0 radical (unpaired) electrons. The minimum absolute atomic E-state index is 0.173. The highest BCUT2D eigenvalue weighted by Gasteiger charge is 2.34. The van der Waals surface area contributed by atoms with Gasteiger partial charge in [-0.15, -0.1) is 0 Å². The minimum atomic E-state index is -0.809. The van der Waals surface area contributed by atoms with Crippen molar-refractivity contribution in [2.45, 2.75) is 33.7 Å². The van der Waals surface area contributed by atoms with Gasteiger partial charge in [-0.2, -0.15) is 0 Å². The van der Waals surface area contributed by atoms with E-state index >= 15 is 0 Å². The quantitative estimate of drug-likeness (QED) is 0.324. The SMILES string of the molecule is CCOC(=O)C1=C(C)N=c2s/c(=C\C=C\c3ccccc3)c(=O)n2[C@H]1c1ccc(OC(C)=O)c(OCC)c1. The molecule has 1 aliphatic heterocycles. The van der Waals surface area contributed by atoms with Crippen LogP contribution >= 0.6 is 11.3 Å². The van der Waals surface area contributed by atoms with E-state index in [1.165, 1.54) is 22.8 Å². The first-order chi connectivity index (χ1) is 18.3. The third-order valence-corrected chi connectivity index (χ3v) is 6.69. The van der Waals surface area contributed by atoms with E-state index in [2.05, 4.69) is 4.99 Å². The molecule has 0 fully saturated rings. The van der Waals surface area contributed by atoms with Gasteiger partial charge in [0.05, 0.1) is 35.1 Å². The topological polar surface area (TPSA) is 96.2 Å². The summed E-state index contributed by atoms with van der Waals surface area (Å²) in [5.74, 6) is -0.469. The highest BCUT2D eigenvalue weighted by Crippen LogP contribution is 2.36. The van der Waals surface area contributed by atoms with Gasteiger partial charge >= 0.3 is 11.9 Å². The van der Waals surface area contributed by atoms with Crippen LogP contribution in [0.15, 0.2) is 75.7 Å². The van der Waals surface area contributed by atoms with Crippen LogP contribution in [0.1, 0.15) is 44.9 Å². The molecule has 1 atom stereocenters. The fourth-order valence-electron chi connectivity index (χ4n) is 4.13. The fourth-order valence-corrected chi connectivity index (χ4v) is 5.13. The van der Waals surface area contributed by atoms with Crippen LogP contribution in [0.4, 0.5) is 0 Å². The Morgan fingerprint density at radius 2 is 1.84 bits per heavy atom. The lowest BCUT2D eigenvalue weighted by atomic mass is 9.95. The van der Waals surface area contributed by atoms with E-state index in [1.807, 2.05) is 49.4 Å². The number of rotatable bonds is 8. The number of nitrogens with zero attached hydrogens (tertiary/aromatic N) is 2. The maximum Gasteiger partial charge on any atom is 0.338 e. The third-order valence-electron chi connectivity index (χ3n) is 5.69. The van der Waals surface area contributed by atoms with Gasteiger partial charge in [-0.25, -0.2) is 9.79 Å². The number of aromatic nitrogens is 1. The minimum Gasteiger partial charge on any atom is -0.490 e. The summed E-state index contributed by atoms with van der Waals surface area (Å²) >= 11 is 1.24. The molecule has 0 saturated carbocycles. The Hall–Kier alpha value is -4.24. The summed E-state index contributed by atoms with van der Waals surface area (Å²) in [6, 6.07) is 13.9. The molecule has 0 saturated heterocycles. The van der Waals surface area contributed by atoms with Crippen LogP contribution in [-0.4, -0.2) is 29.7 Å². The predicted molar refractivity (Wildman–Crippen MR) is 146 cm³/mol. The molecule has 0 unspecified atom stereocenters. The third kappa shape index (κ3) is 5.68. The summed E-state index contributed by atoms with van der Waals surface area (Å²) in [7, 11) is 0. The van der Waals surface area contributed by atoms with E-state index in [0.717, 1.165) is 5.56 Å². The van der Waals surface area contributed by atoms with E-state index in [4.69, 9.17) is 14.2 Å². The van der Waals surface area contributed by atoms with Crippen molar-refractivity contribution < 1.29 is 23.8 Å². The molecule has 0 amide bonds. The summed E-state index contributed by atoms with van der Waals surface area (Å²) in [6.07, 6.45) is 5.47. The van der Waals surface area contributed by atoms with Crippen LogP contribution in [0.5, 0.6) is 11.5 Å². The Balaban J connectivity index is 1.88. The average Bonchev–Trinajstić information content (AvgIpc) is 3.19. The van der Waals surface area contributed by atoms with Gasteiger partial charge < -0.3 is 14.2 Å². The van der Waals surface area contributed by atoms with E-state index in [0.29, 0.717) is 33.0 Å². The van der Waals surface area contributed by atoms with Gasteiger partial charge in [-0.1, -0.05) is 59.9 Å². The van der Waals surface area contributed by atoms with Crippen LogP contribution in [0, 0.1) is 0 Å². The number of carbonyl (C=O) groups is 2. The number of ether oxygens (including phenoxy) is 3. The lowest BCUT2D eigenvalue weighted by Crippen LogP contribution is -2.39. The summed E-state index contributed by atoms with van der Waals surface area (Å²) < 4.78 is 18.3. The van der Waals surface area contributed by atoms with E-state index in [-0.39, 0.29) is 23.5 Å². The van der Waals surface area contributed by atoms with Crippen molar-refractivity contribution >= 4 is 35.4 Å². The van der Waals surface area contributed by atoms with Crippen molar-refractivity contribution in [3.8, 4) is 11.5 Å². The van der Waals surface area contributed by atoms with Gasteiger partial charge in [-0.3, -0.25) is 14.2 Å². The van der Waals surface area contributed by atoms with Crippen LogP contribution in [-0.2, 0) is 14.3 Å². The lowest BCUT2D eigenvalue weighted by molar-refractivity contribution is -0.139. The second-order valence-corrected chi connectivity index (χ2v) is 9.34. The van der Waals surface area contributed by atoms with Gasteiger partial charge in [0.25, 0.3) is 5.56 Å². The molecule has 9 heteroatoms. The maximum absolute atomic E-state index is 13.7. The first-order valence-electron chi connectivity index (χ1n) is 12.2. The number of benzene rings is 2. The molecule has 0 bridgehead atoms. The lowest BCUT2D eigenvalue weighted by Gasteiger charge is -2.25. The molecule has 1 aromatic heterocycles. The maximum atomic E-state index is 13.7. The van der Waals surface area contributed by atoms with Gasteiger partial charge in [0.15, 0.2) is 16.3 Å². The molecular weight excluding hydrogens is 504 g/mol. The van der Waals surface area contributed by atoms with Gasteiger partial charge in [0.2, 0.25) is 0 Å². The summed E-state index contributed by atoms with van der Waals surface area (Å²) in [6.45, 7) is 7.06. The Bertz CT molecular complexity index is 1600. The van der Waals surface area contributed by atoms with E-state index in [1.54, 1.807) is 38.1 Å². The summed E-state index contributed by atoms with van der Waals surface area (Å²) in [5.41, 5.74) is 2.03. The summed E-state index contributed by atoms with van der Waals surface area (Å²) in [4.78, 5) is 43.4. The fraction of sp³-hybridized carbons (Fsp3) is 0.241. The van der Waals surface area contributed by atoms with Crippen LogP contribution in [0.3, 0.4) is 0 Å². The molecule has 4 rings (SSSR count). The van der Waals surface area contributed by atoms with Gasteiger partial charge in [-0.05, 0) is 50.1 Å². The zero-order valence-electron chi connectivity index (χ0n) is 21.6. The Kier molecular flexibility index (Phi) is 8.38. The van der Waals surface area contributed by atoms with Crippen LogP contribution in [0.25, 0.3) is 12.2 Å². The zero-order chi connectivity index (χ0) is 27.2. The number of carbonyl (C=O) groups excluding carboxylic acids is 2. The molecule has 3 aromatic rings. The highest BCUT2D eigenvalue weighted by molar-refractivity contribution is 7.07. The second kappa shape index (κ2) is 11.9. The zero-order valence-corrected chi connectivity index (χ0v) is 22.4. The first-order valence-corrected chi connectivity index (χ1v) is 13.0. The molecule has 0 N–H and O–H groups in total. The monoisotopic (exact) mass is 532 g/mol. The van der Waals surface area contributed by atoms with Gasteiger partial charge in [0.1, 0.15) is 0 Å². The van der Waals surface area contributed by atoms with Crippen molar-refractivity contribution in [1.82, 2.24) is 4.57 Å². The molecule has 38 heavy (non-hydrogen) atoms. The first kappa shape index (κ1) is 26.8. The number of thiazole rings is 1. The molecule has 196 valence electrons. The average molecular weight is 533 g/mol. The normalized spacial score (nSPS) is 15.3. The Morgan fingerprint density at radius 1 is 1.08 bits per heavy atom. The molecule has 1 aliphatic rings. The molecular formula is C29H28N2O6S. The Labute approximate surface area is 223 Å². The largest absolute Gasteiger partial charge is 0.490 e. The van der Waals surface area contributed by atoms with E-state index in [9.17, 15) is 14.4 Å². The highest BCUT2D eigenvalue weighted by atomic mass is 32.1. The van der Waals surface area contributed by atoms with E-state index < -0.39 is 18.0 Å². The van der Waals surface area contributed by atoms with Crippen molar-refractivity contribution in [3.05, 3.63) is 96.7 Å². The van der Waals surface area contributed by atoms with Crippen LogP contribution in [0.2, 0.25) is 0 Å². The second-order valence-electron chi connectivity index (χ2n) is 8.33. The predicted octanol–water partition coefficient (Wildman–Crippen LogP) is 3.79. The molecule has 2 aromatic carbocycles. The summed E-state index contributed by atoms with van der Waals surface area (Å²) in [5, 5.41) is 0. The number of hydrogen-bond donors (Lipinski definition) is 0. The van der Waals surface area contributed by atoms with Crippen LogP contribution < -0.4 is 24.4 Å². The molecule has 2 heterocycles. The smallest absolute Gasteiger partial charge is 0.338 e. The number of fused-ring (bicyclic) bond motifs is 1. The Morgan fingerprint density at radius 3 is 2.53 bits per heavy atom. The number of esters is 2. The standard InChI is InChI=1S/C29H28N2O6S/c1-5-35-23-17-21(15-16-22(23)37-19(4)32)26-25(28(34)36-6-2)18(3)30-29-31(26)27(33)24(38-29)14-10-13-20-11-8-7-9-12-20/h7-17,26H,5-6H2,1-4H3/b13-10+,24-14-/t26-/m0/s1. The van der Waals surface area contributed by atoms with Gasteiger partial charge in [0, 0.05) is 6.92 Å². The van der Waals surface area contributed by atoms with Crippen molar-refractivity contribution in [1.29, 1.82) is 0 Å². The molecule has 8 nitrogen and oxygen atoms in total. The molecule has 0 spiro atoms. The van der Waals surface area contributed by atoms with Crippen molar-refractivity contribution in [2.24, 2.45) is 4.99 Å². The molecule has 0 aliphatic carbocycles. The number of allylic oxidation sites excluding steroid dienone is 2. The number of hydrogen-bond acceptors (Lipinski definition) is 8. The van der Waals surface area contributed by atoms with Crippen molar-refractivity contribution in [3.63, 3.8) is 0 Å².